The van der Waals surface area contributed by atoms with E-state index < -0.39 is 48.1 Å². The minimum atomic E-state index is -4.64. The van der Waals surface area contributed by atoms with Crippen LogP contribution < -0.4 is 0 Å². The van der Waals surface area contributed by atoms with E-state index in [4.69, 9.17) is 14.2 Å². The van der Waals surface area contributed by atoms with Crippen LogP contribution in [0.2, 0.25) is 0 Å². The third-order valence-electron chi connectivity index (χ3n) is 6.17. The highest BCUT2D eigenvalue weighted by Gasteiger charge is 2.32. The first-order chi connectivity index (χ1) is 18.4. The van der Waals surface area contributed by atoms with Crippen molar-refractivity contribution in [2.45, 2.75) is 45.2 Å². The Morgan fingerprint density at radius 3 is 2.33 bits per heavy atom. The molecule has 0 aliphatic heterocycles. The number of carbonyl (C=O) groups excluding carboxylic acids is 2. The van der Waals surface area contributed by atoms with Crippen molar-refractivity contribution >= 4 is 17.6 Å². The Bertz CT molecular complexity index is 1250. The van der Waals surface area contributed by atoms with Gasteiger partial charge in [-0.05, 0) is 65.4 Å². The molecule has 1 atom stereocenters. The van der Waals surface area contributed by atoms with Gasteiger partial charge in [-0.1, -0.05) is 18.2 Å². The SMILES string of the molecule is CCN(Cc1cc(C(F)(F)F)ccc1C1=CC(CC(=O)OC)=CCC1OC)C(=O)OCc1cc(F)cc(F)c1. The fourth-order valence-electron chi connectivity index (χ4n) is 4.20. The van der Waals surface area contributed by atoms with Crippen LogP contribution in [-0.4, -0.2) is 43.8 Å². The summed E-state index contributed by atoms with van der Waals surface area (Å²) >= 11 is 0. The predicted molar refractivity (Wildman–Crippen MR) is 132 cm³/mol. The maximum atomic E-state index is 13.6. The van der Waals surface area contributed by atoms with Crippen LogP contribution in [0.15, 0.2) is 54.1 Å². The number of ether oxygens (including phenoxy) is 3. The molecule has 0 saturated heterocycles. The molecule has 1 aliphatic carbocycles. The minimum Gasteiger partial charge on any atom is -0.469 e. The van der Waals surface area contributed by atoms with E-state index >= 15 is 0 Å². The summed E-state index contributed by atoms with van der Waals surface area (Å²) in [7, 11) is 2.72. The number of hydrogen-bond acceptors (Lipinski definition) is 5. The van der Waals surface area contributed by atoms with Gasteiger partial charge >= 0.3 is 18.2 Å². The van der Waals surface area contributed by atoms with E-state index in [2.05, 4.69) is 0 Å². The molecule has 2 aromatic carbocycles. The molecule has 1 unspecified atom stereocenters. The number of nitrogens with zero attached hydrogens (tertiary/aromatic N) is 1. The van der Waals surface area contributed by atoms with E-state index in [-0.39, 0.29) is 30.6 Å². The number of rotatable bonds is 9. The molecule has 0 aromatic heterocycles. The van der Waals surface area contributed by atoms with Crippen LogP contribution in [-0.2, 0) is 38.3 Å². The smallest absolute Gasteiger partial charge is 0.416 e. The Labute approximate surface area is 222 Å². The predicted octanol–water partition coefficient (Wildman–Crippen LogP) is 6.43. The largest absolute Gasteiger partial charge is 0.469 e. The van der Waals surface area contributed by atoms with Crippen LogP contribution >= 0.6 is 0 Å². The lowest BCUT2D eigenvalue weighted by Crippen LogP contribution is -2.31. The Kier molecular flexibility index (Phi) is 9.85. The molecule has 0 spiro atoms. The average molecular weight is 554 g/mol. The van der Waals surface area contributed by atoms with E-state index in [1.165, 1.54) is 25.2 Å². The van der Waals surface area contributed by atoms with Gasteiger partial charge in [0.15, 0.2) is 0 Å². The molecular weight excluding hydrogens is 525 g/mol. The number of methoxy groups -OCH3 is 2. The molecule has 1 aliphatic rings. The van der Waals surface area contributed by atoms with Gasteiger partial charge in [-0.2, -0.15) is 13.2 Å². The number of benzene rings is 2. The van der Waals surface area contributed by atoms with Crippen LogP contribution in [0.3, 0.4) is 0 Å². The van der Waals surface area contributed by atoms with Crippen LogP contribution in [0.1, 0.15) is 42.0 Å². The quantitative estimate of drug-likeness (QED) is 0.264. The zero-order valence-corrected chi connectivity index (χ0v) is 21.6. The number of carbonyl (C=O) groups is 2. The van der Waals surface area contributed by atoms with E-state index in [9.17, 15) is 31.5 Å². The molecule has 11 heteroatoms. The second-order valence-electron chi connectivity index (χ2n) is 8.81. The van der Waals surface area contributed by atoms with Crippen molar-refractivity contribution in [2.24, 2.45) is 0 Å². The summed E-state index contributed by atoms with van der Waals surface area (Å²) in [6.45, 7) is 1.01. The molecule has 210 valence electrons. The number of amides is 1. The third-order valence-corrected chi connectivity index (χ3v) is 6.17. The number of hydrogen-bond donors (Lipinski definition) is 0. The number of esters is 1. The Morgan fingerprint density at radius 1 is 1.05 bits per heavy atom. The standard InChI is InChI=1S/C28H28F5NO5/c1-4-34(27(36)39-16-18-9-21(29)14-22(30)10-18)15-19-13-20(28(31,32)33)6-7-23(19)24-11-17(12-26(35)38-3)5-8-25(24)37-2/h5-7,9-11,13-14,25H,4,8,12,15-16H2,1-3H3. The van der Waals surface area contributed by atoms with Crippen molar-refractivity contribution in [1.29, 1.82) is 0 Å². The highest BCUT2D eigenvalue weighted by molar-refractivity contribution is 5.79. The van der Waals surface area contributed by atoms with Crippen molar-refractivity contribution in [3.8, 4) is 0 Å². The zero-order chi connectivity index (χ0) is 28.7. The lowest BCUT2D eigenvalue weighted by molar-refractivity contribution is -0.140. The second-order valence-corrected chi connectivity index (χ2v) is 8.81. The second kappa shape index (κ2) is 12.9. The minimum absolute atomic E-state index is 0.0273. The van der Waals surface area contributed by atoms with Crippen molar-refractivity contribution in [3.63, 3.8) is 0 Å². The van der Waals surface area contributed by atoms with Gasteiger partial charge < -0.3 is 19.1 Å². The zero-order valence-electron chi connectivity index (χ0n) is 21.6. The highest BCUT2D eigenvalue weighted by atomic mass is 19.4. The van der Waals surface area contributed by atoms with Crippen LogP contribution in [0.4, 0.5) is 26.7 Å². The Hall–Kier alpha value is -3.73. The van der Waals surface area contributed by atoms with E-state index in [1.54, 1.807) is 19.1 Å². The molecule has 2 aromatic rings. The molecule has 0 saturated carbocycles. The summed E-state index contributed by atoms with van der Waals surface area (Å²) in [5, 5.41) is 0. The van der Waals surface area contributed by atoms with Crippen molar-refractivity contribution in [2.75, 3.05) is 20.8 Å². The van der Waals surface area contributed by atoms with Gasteiger partial charge in [0.05, 0.1) is 25.2 Å². The summed E-state index contributed by atoms with van der Waals surface area (Å²) < 4.78 is 83.3. The van der Waals surface area contributed by atoms with Gasteiger partial charge in [0.25, 0.3) is 0 Å². The van der Waals surface area contributed by atoms with Crippen molar-refractivity contribution in [3.05, 3.63) is 88.0 Å². The van der Waals surface area contributed by atoms with Crippen LogP contribution in [0.5, 0.6) is 0 Å². The first-order valence-corrected chi connectivity index (χ1v) is 12.0. The maximum Gasteiger partial charge on any atom is 0.416 e. The molecule has 0 heterocycles. The molecule has 3 rings (SSSR count). The van der Waals surface area contributed by atoms with Crippen LogP contribution in [0, 0.1) is 11.6 Å². The fourth-order valence-corrected chi connectivity index (χ4v) is 4.20. The lowest BCUT2D eigenvalue weighted by Gasteiger charge is -2.27. The molecule has 6 nitrogen and oxygen atoms in total. The molecule has 0 fully saturated rings. The normalized spacial score (nSPS) is 15.3. The highest BCUT2D eigenvalue weighted by Crippen LogP contribution is 2.36. The molecule has 39 heavy (non-hydrogen) atoms. The Morgan fingerprint density at radius 2 is 1.74 bits per heavy atom. The van der Waals surface area contributed by atoms with Gasteiger partial charge in [0, 0.05) is 26.3 Å². The van der Waals surface area contributed by atoms with E-state index in [0.29, 0.717) is 29.2 Å². The van der Waals surface area contributed by atoms with E-state index in [1.807, 2.05) is 0 Å². The number of allylic oxidation sites excluding steroid dienone is 1. The lowest BCUT2D eigenvalue weighted by atomic mass is 9.87. The van der Waals surface area contributed by atoms with Gasteiger partial charge in [0.2, 0.25) is 0 Å². The Balaban J connectivity index is 1.94. The summed E-state index contributed by atoms with van der Waals surface area (Å²) in [6.07, 6.45) is -2.20. The molecular formula is C28H28F5NO5. The van der Waals surface area contributed by atoms with Crippen molar-refractivity contribution in [1.82, 2.24) is 4.90 Å². The molecule has 0 N–H and O–H groups in total. The van der Waals surface area contributed by atoms with Gasteiger partial charge in [0.1, 0.15) is 18.2 Å². The monoisotopic (exact) mass is 553 g/mol. The summed E-state index contributed by atoms with van der Waals surface area (Å²) in [5.74, 6) is -2.15. The first kappa shape index (κ1) is 29.8. The third kappa shape index (κ3) is 7.89. The van der Waals surface area contributed by atoms with E-state index in [0.717, 1.165) is 24.3 Å². The van der Waals surface area contributed by atoms with Gasteiger partial charge in [-0.15, -0.1) is 0 Å². The summed E-state index contributed by atoms with van der Waals surface area (Å²) in [6, 6.07) is 5.91. The van der Waals surface area contributed by atoms with Crippen LogP contribution in [0.25, 0.3) is 5.57 Å². The molecule has 1 amide bonds. The van der Waals surface area contributed by atoms with Crippen molar-refractivity contribution < 1.29 is 45.8 Å². The number of halogens is 5. The van der Waals surface area contributed by atoms with Gasteiger partial charge in [-0.25, -0.2) is 13.6 Å². The average Bonchev–Trinajstić information content (AvgIpc) is 2.89. The fraction of sp³-hybridized carbons (Fsp3) is 0.357. The molecule has 0 radical (unpaired) electrons. The summed E-state index contributed by atoms with van der Waals surface area (Å²) in [5.41, 5.74) is 0.915. The number of alkyl halides is 3. The topological polar surface area (TPSA) is 65.1 Å². The maximum absolute atomic E-state index is 13.6. The summed E-state index contributed by atoms with van der Waals surface area (Å²) in [4.78, 5) is 25.8. The first-order valence-electron chi connectivity index (χ1n) is 12.0. The van der Waals surface area contributed by atoms with Gasteiger partial charge in [-0.3, -0.25) is 4.79 Å². The molecule has 0 bridgehead atoms.